The number of piperidine rings is 1. The molecule has 1 aliphatic carbocycles. The Morgan fingerprint density at radius 1 is 1.00 bits per heavy atom. The molecule has 0 spiro atoms. The zero-order valence-electron chi connectivity index (χ0n) is 12.9. The van der Waals surface area contributed by atoms with Crippen molar-refractivity contribution >= 4 is 0 Å². The third kappa shape index (κ3) is 2.47. The van der Waals surface area contributed by atoms with Gasteiger partial charge in [-0.1, -0.05) is 17.3 Å². The van der Waals surface area contributed by atoms with Crippen LogP contribution in [0.25, 0.3) is 0 Å². The zero-order chi connectivity index (χ0) is 15.4. The summed E-state index contributed by atoms with van der Waals surface area (Å²) in [6.07, 6.45) is 5.83. The Balaban J connectivity index is 1.30. The highest BCUT2D eigenvalue weighted by molar-refractivity contribution is 5.31. The van der Waals surface area contributed by atoms with Crippen LogP contribution in [-0.2, 0) is 0 Å². The Labute approximate surface area is 134 Å². The summed E-state index contributed by atoms with van der Waals surface area (Å²) in [7, 11) is 0. The SMILES string of the molecule is Fc1ccc([C@@H]2C[C@H]2c2nc(C3CC4CCC(C3)N4)no2)cc1. The van der Waals surface area contributed by atoms with Crippen molar-refractivity contribution in [1.29, 1.82) is 0 Å². The standard InChI is InChI=1S/C18H20FN3O/c19-12-3-1-10(2-4-12)15-9-16(15)18-21-17(22-23-18)11-7-13-5-6-14(8-11)20-13/h1-4,11,13-16,20H,5-9H2/t11?,13?,14?,15-,16+/m0/s1. The molecule has 2 aliphatic heterocycles. The molecule has 2 bridgehead atoms. The van der Waals surface area contributed by atoms with Crippen LogP contribution in [0.5, 0.6) is 0 Å². The number of nitrogens with one attached hydrogen (secondary N) is 1. The largest absolute Gasteiger partial charge is 0.339 e. The van der Waals surface area contributed by atoms with E-state index >= 15 is 0 Å². The van der Waals surface area contributed by atoms with Gasteiger partial charge in [0.1, 0.15) is 5.82 Å². The van der Waals surface area contributed by atoms with E-state index in [0.717, 1.165) is 36.5 Å². The van der Waals surface area contributed by atoms with Gasteiger partial charge in [-0.2, -0.15) is 4.98 Å². The third-order valence-corrected chi connectivity index (χ3v) is 5.70. The van der Waals surface area contributed by atoms with Gasteiger partial charge in [0.2, 0.25) is 5.89 Å². The lowest BCUT2D eigenvalue weighted by molar-refractivity contribution is 0.332. The van der Waals surface area contributed by atoms with Crippen molar-refractivity contribution in [2.75, 3.05) is 0 Å². The fourth-order valence-corrected chi connectivity index (χ4v) is 4.38. The first-order valence-corrected chi connectivity index (χ1v) is 8.61. The second-order valence-corrected chi connectivity index (χ2v) is 7.30. The van der Waals surface area contributed by atoms with Gasteiger partial charge in [-0.3, -0.25) is 0 Å². The molecule has 1 N–H and O–H groups in total. The number of rotatable bonds is 3. The summed E-state index contributed by atoms with van der Waals surface area (Å²) in [5.74, 6) is 2.61. The highest BCUT2D eigenvalue weighted by Gasteiger charge is 2.44. The average Bonchev–Trinajstić information content (AvgIpc) is 3.07. The molecule has 4 atom stereocenters. The smallest absolute Gasteiger partial charge is 0.230 e. The monoisotopic (exact) mass is 313 g/mol. The average molecular weight is 313 g/mol. The van der Waals surface area contributed by atoms with Crippen molar-refractivity contribution in [2.24, 2.45) is 0 Å². The van der Waals surface area contributed by atoms with E-state index in [9.17, 15) is 4.39 Å². The number of fused-ring (bicyclic) bond motifs is 2. The quantitative estimate of drug-likeness (QED) is 0.942. The van der Waals surface area contributed by atoms with Crippen LogP contribution in [-0.4, -0.2) is 22.2 Å². The first-order valence-electron chi connectivity index (χ1n) is 8.61. The van der Waals surface area contributed by atoms with E-state index in [-0.39, 0.29) is 5.82 Å². The van der Waals surface area contributed by atoms with Gasteiger partial charge in [0.25, 0.3) is 0 Å². The number of benzene rings is 1. The van der Waals surface area contributed by atoms with Gasteiger partial charge in [0.15, 0.2) is 5.82 Å². The fourth-order valence-electron chi connectivity index (χ4n) is 4.38. The Bertz CT molecular complexity index is 701. The minimum Gasteiger partial charge on any atom is -0.339 e. The molecule has 2 saturated heterocycles. The lowest BCUT2D eigenvalue weighted by Crippen LogP contribution is -2.37. The molecular formula is C18H20FN3O. The second kappa shape index (κ2) is 5.13. The molecule has 2 unspecified atom stereocenters. The molecule has 1 aromatic heterocycles. The van der Waals surface area contributed by atoms with Crippen LogP contribution < -0.4 is 5.32 Å². The van der Waals surface area contributed by atoms with Crippen molar-refractivity contribution in [1.82, 2.24) is 15.5 Å². The zero-order valence-corrected chi connectivity index (χ0v) is 12.9. The molecule has 0 amide bonds. The van der Waals surface area contributed by atoms with E-state index in [4.69, 9.17) is 9.51 Å². The molecule has 5 rings (SSSR count). The molecule has 120 valence electrons. The maximum atomic E-state index is 13.0. The molecule has 5 heteroatoms. The fraction of sp³-hybridized carbons (Fsp3) is 0.556. The lowest BCUT2D eigenvalue weighted by atomic mass is 9.92. The molecule has 3 heterocycles. The summed E-state index contributed by atoms with van der Waals surface area (Å²) in [4.78, 5) is 4.71. The van der Waals surface area contributed by atoms with Crippen LogP contribution in [0.15, 0.2) is 28.8 Å². The lowest BCUT2D eigenvalue weighted by Gasteiger charge is -2.26. The van der Waals surface area contributed by atoms with Gasteiger partial charge >= 0.3 is 0 Å². The Morgan fingerprint density at radius 2 is 1.74 bits per heavy atom. The van der Waals surface area contributed by atoms with Gasteiger partial charge in [0.05, 0.1) is 0 Å². The normalized spacial score (nSPS) is 35.4. The van der Waals surface area contributed by atoms with E-state index in [0.29, 0.717) is 29.8 Å². The molecule has 0 radical (unpaired) electrons. The van der Waals surface area contributed by atoms with E-state index in [1.807, 2.05) is 12.1 Å². The summed E-state index contributed by atoms with van der Waals surface area (Å²) in [5.41, 5.74) is 1.16. The van der Waals surface area contributed by atoms with E-state index in [1.54, 1.807) is 0 Å². The number of nitrogens with zero attached hydrogens (tertiary/aromatic N) is 2. The van der Waals surface area contributed by atoms with Crippen molar-refractivity contribution in [3.05, 3.63) is 47.4 Å². The molecule has 2 aromatic rings. The van der Waals surface area contributed by atoms with Crippen LogP contribution in [0.2, 0.25) is 0 Å². The number of hydrogen-bond acceptors (Lipinski definition) is 4. The summed E-state index contributed by atoms with van der Waals surface area (Å²) >= 11 is 0. The molecule has 23 heavy (non-hydrogen) atoms. The maximum Gasteiger partial charge on any atom is 0.230 e. The first-order chi connectivity index (χ1) is 11.3. The molecular weight excluding hydrogens is 293 g/mol. The predicted molar refractivity (Wildman–Crippen MR) is 82.7 cm³/mol. The van der Waals surface area contributed by atoms with E-state index in [1.165, 1.54) is 25.0 Å². The van der Waals surface area contributed by atoms with Gasteiger partial charge in [0, 0.05) is 23.9 Å². The third-order valence-electron chi connectivity index (χ3n) is 5.70. The first kappa shape index (κ1) is 13.7. The van der Waals surface area contributed by atoms with Crippen molar-refractivity contribution in [3.8, 4) is 0 Å². The Morgan fingerprint density at radius 3 is 2.48 bits per heavy atom. The molecule has 3 fully saturated rings. The van der Waals surface area contributed by atoms with Crippen LogP contribution in [0, 0.1) is 5.82 Å². The number of hydrogen-bond donors (Lipinski definition) is 1. The molecule has 1 aromatic carbocycles. The highest BCUT2D eigenvalue weighted by Crippen LogP contribution is 2.54. The Kier molecular flexibility index (Phi) is 3.05. The Hall–Kier alpha value is -1.75. The molecule has 1 saturated carbocycles. The summed E-state index contributed by atoms with van der Waals surface area (Å²) < 4.78 is 18.6. The van der Waals surface area contributed by atoms with Gasteiger partial charge < -0.3 is 9.84 Å². The van der Waals surface area contributed by atoms with Crippen molar-refractivity contribution in [2.45, 2.75) is 61.9 Å². The van der Waals surface area contributed by atoms with Crippen molar-refractivity contribution in [3.63, 3.8) is 0 Å². The number of aromatic nitrogens is 2. The minimum absolute atomic E-state index is 0.188. The topological polar surface area (TPSA) is 51.0 Å². The second-order valence-electron chi connectivity index (χ2n) is 7.30. The van der Waals surface area contributed by atoms with Gasteiger partial charge in [-0.25, -0.2) is 4.39 Å². The van der Waals surface area contributed by atoms with Crippen LogP contribution in [0.4, 0.5) is 4.39 Å². The van der Waals surface area contributed by atoms with E-state index in [2.05, 4.69) is 10.5 Å². The highest BCUT2D eigenvalue weighted by atomic mass is 19.1. The van der Waals surface area contributed by atoms with Gasteiger partial charge in [-0.15, -0.1) is 0 Å². The van der Waals surface area contributed by atoms with Crippen molar-refractivity contribution < 1.29 is 8.91 Å². The van der Waals surface area contributed by atoms with Crippen LogP contribution in [0.3, 0.4) is 0 Å². The number of halogens is 1. The summed E-state index contributed by atoms with van der Waals surface area (Å²) in [6.45, 7) is 0. The molecule has 4 nitrogen and oxygen atoms in total. The van der Waals surface area contributed by atoms with Gasteiger partial charge in [-0.05, 0) is 55.7 Å². The molecule has 3 aliphatic rings. The van der Waals surface area contributed by atoms with Crippen LogP contribution >= 0.6 is 0 Å². The maximum absolute atomic E-state index is 13.0. The minimum atomic E-state index is -0.188. The van der Waals surface area contributed by atoms with E-state index < -0.39 is 0 Å². The predicted octanol–water partition coefficient (Wildman–Crippen LogP) is 3.48. The summed E-state index contributed by atoms with van der Waals surface area (Å²) in [6, 6.07) is 8.04. The summed E-state index contributed by atoms with van der Waals surface area (Å²) in [5, 5.41) is 7.91. The van der Waals surface area contributed by atoms with Crippen LogP contribution in [0.1, 0.15) is 67.1 Å².